The molecule has 0 atom stereocenters. The van der Waals surface area contributed by atoms with Crippen LogP contribution < -0.4 is 10.1 Å². The number of rotatable bonds is 7. The Bertz CT molecular complexity index is 1010. The van der Waals surface area contributed by atoms with Crippen LogP contribution in [0.15, 0.2) is 47.4 Å². The number of amides is 1. The van der Waals surface area contributed by atoms with E-state index < -0.39 is 21.5 Å². The fourth-order valence-corrected chi connectivity index (χ4v) is 4.35. The largest absolute Gasteiger partial charge is 0.494 e. The number of ether oxygens (including phenoxy) is 1. The van der Waals surface area contributed by atoms with Gasteiger partial charge in [0.1, 0.15) is 22.5 Å². The van der Waals surface area contributed by atoms with Gasteiger partial charge in [-0.3, -0.25) is 4.79 Å². The molecule has 7 nitrogen and oxygen atoms in total. The topological polar surface area (TPSA) is 98.2 Å². The third kappa shape index (κ3) is 4.17. The third-order valence-electron chi connectivity index (χ3n) is 3.63. The molecule has 1 amide bonds. The molecule has 1 heterocycles. The summed E-state index contributed by atoms with van der Waals surface area (Å²) in [6.45, 7) is 2.72. The summed E-state index contributed by atoms with van der Waals surface area (Å²) in [6.07, 6.45) is 0. The van der Waals surface area contributed by atoms with Crippen LogP contribution in [-0.4, -0.2) is 35.4 Å². The summed E-state index contributed by atoms with van der Waals surface area (Å²) >= 11 is 0.939. The van der Waals surface area contributed by atoms with Gasteiger partial charge in [0.15, 0.2) is 9.84 Å². The summed E-state index contributed by atoms with van der Waals surface area (Å²) in [5.41, 5.74) is 1.66. The molecular weight excluding hydrogens is 374 g/mol. The summed E-state index contributed by atoms with van der Waals surface area (Å²) in [6, 6.07) is 12.0. The minimum absolute atomic E-state index is 0.0277. The molecule has 0 aliphatic carbocycles. The molecule has 0 fully saturated rings. The van der Waals surface area contributed by atoms with E-state index in [4.69, 9.17) is 4.74 Å². The second-order valence-corrected chi connectivity index (χ2v) is 7.99. The average molecular weight is 391 g/mol. The smallest absolute Gasteiger partial charge is 0.235 e. The Morgan fingerprint density at radius 1 is 1.15 bits per heavy atom. The van der Waals surface area contributed by atoms with E-state index in [1.165, 1.54) is 6.07 Å². The van der Waals surface area contributed by atoms with Crippen LogP contribution >= 0.6 is 11.7 Å². The lowest BCUT2D eigenvalue weighted by Crippen LogP contribution is -2.30. The predicted octanol–water partition coefficient (Wildman–Crippen LogP) is 2.18. The summed E-state index contributed by atoms with van der Waals surface area (Å²) in [5.74, 6) is -0.463. The summed E-state index contributed by atoms with van der Waals surface area (Å²) in [4.78, 5) is 12.1. The number of carbonyl (C=O) groups is 1. The van der Waals surface area contributed by atoms with Crippen molar-refractivity contribution in [1.29, 1.82) is 0 Å². The second-order valence-electron chi connectivity index (χ2n) is 5.50. The first-order chi connectivity index (χ1) is 12.5. The van der Waals surface area contributed by atoms with Gasteiger partial charge in [0.2, 0.25) is 5.91 Å². The molecular formula is C17H17N3O4S2. The first-order valence-corrected chi connectivity index (χ1v) is 10.3. The number of hydrogen-bond donors (Lipinski definition) is 1. The summed E-state index contributed by atoms with van der Waals surface area (Å²) < 4.78 is 38.5. The van der Waals surface area contributed by atoms with Gasteiger partial charge in [0.05, 0.1) is 23.2 Å². The highest BCUT2D eigenvalue weighted by Crippen LogP contribution is 2.22. The number of aromatic nitrogens is 2. The molecule has 1 N–H and O–H groups in total. The molecule has 2 aromatic carbocycles. The maximum Gasteiger partial charge on any atom is 0.235 e. The van der Waals surface area contributed by atoms with E-state index >= 15 is 0 Å². The zero-order chi connectivity index (χ0) is 18.6. The molecule has 136 valence electrons. The molecule has 0 aliphatic heterocycles. The van der Waals surface area contributed by atoms with Gasteiger partial charge in [0, 0.05) is 6.54 Å². The number of nitrogens with one attached hydrogen (secondary N) is 1. The van der Waals surface area contributed by atoms with Crippen LogP contribution in [-0.2, 0) is 21.2 Å². The molecule has 0 radical (unpaired) electrons. The van der Waals surface area contributed by atoms with Gasteiger partial charge in [-0.05, 0) is 36.8 Å². The molecule has 0 saturated carbocycles. The lowest BCUT2D eigenvalue weighted by molar-refractivity contribution is -0.118. The second kappa shape index (κ2) is 7.79. The maximum absolute atomic E-state index is 12.5. The van der Waals surface area contributed by atoms with Crippen molar-refractivity contribution in [3.8, 4) is 5.75 Å². The van der Waals surface area contributed by atoms with Crippen molar-refractivity contribution in [2.45, 2.75) is 18.4 Å². The molecule has 0 saturated heterocycles. The normalized spacial score (nSPS) is 11.4. The van der Waals surface area contributed by atoms with Crippen molar-refractivity contribution in [1.82, 2.24) is 14.1 Å². The molecule has 9 heteroatoms. The van der Waals surface area contributed by atoms with E-state index in [2.05, 4.69) is 14.1 Å². The van der Waals surface area contributed by atoms with Gasteiger partial charge in [-0.25, -0.2) is 8.42 Å². The van der Waals surface area contributed by atoms with Gasteiger partial charge in [-0.2, -0.15) is 8.75 Å². The Balaban J connectivity index is 1.64. The molecule has 0 bridgehead atoms. The SMILES string of the molecule is CCOc1ccc(CNC(=O)CS(=O)(=O)c2cccc3nsnc23)cc1. The van der Waals surface area contributed by atoms with E-state index in [1.807, 2.05) is 19.1 Å². The van der Waals surface area contributed by atoms with E-state index in [9.17, 15) is 13.2 Å². The predicted molar refractivity (Wildman–Crippen MR) is 98.9 cm³/mol. The quantitative estimate of drug-likeness (QED) is 0.663. The monoisotopic (exact) mass is 391 g/mol. The Morgan fingerprint density at radius 3 is 2.65 bits per heavy atom. The fraction of sp³-hybridized carbons (Fsp3) is 0.235. The highest BCUT2D eigenvalue weighted by atomic mass is 32.2. The van der Waals surface area contributed by atoms with Crippen molar-refractivity contribution < 1.29 is 17.9 Å². The molecule has 26 heavy (non-hydrogen) atoms. The highest BCUT2D eigenvalue weighted by Gasteiger charge is 2.23. The standard InChI is InChI=1S/C17H17N3O4S2/c1-2-24-13-8-6-12(7-9-13)10-18-16(21)11-26(22,23)15-5-3-4-14-17(15)20-25-19-14/h3-9H,2,10-11H2,1H3,(H,18,21). The zero-order valence-corrected chi connectivity index (χ0v) is 15.6. The molecule has 1 aromatic heterocycles. The maximum atomic E-state index is 12.5. The van der Waals surface area contributed by atoms with Crippen LogP contribution in [0, 0.1) is 0 Å². The summed E-state index contributed by atoms with van der Waals surface area (Å²) in [7, 11) is -3.80. The Morgan fingerprint density at radius 2 is 1.92 bits per heavy atom. The van der Waals surface area contributed by atoms with Crippen molar-refractivity contribution in [3.63, 3.8) is 0 Å². The minimum atomic E-state index is -3.80. The first kappa shape index (κ1) is 18.3. The number of carbonyl (C=O) groups excluding carboxylic acids is 1. The van der Waals surface area contributed by atoms with E-state index in [1.54, 1.807) is 24.3 Å². The van der Waals surface area contributed by atoms with E-state index in [-0.39, 0.29) is 11.4 Å². The van der Waals surface area contributed by atoms with Crippen molar-refractivity contribution in [2.75, 3.05) is 12.4 Å². The van der Waals surface area contributed by atoms with Crippen LogP contribution in [0.4, 0.5) is 0 Å². The van der Waals surface area contributed by atoms with Gasteiger partial charge in [-0.1, -0.05) is 18.2 Å². The number of benzene rings is 2. The number of hydrogen-bond acceptors (Lipinski definition) is 7. The van der Waals surface area contributed by atoms with Gasteiger partial charge >= 0.3 is 0 Å². The Hall–Kier alpha value is -2.52. The van der Waals surface area contributed by atoms with Crippen LogP contribution in [0.3, 0.4) is 0 Å². The van der Waals surface area contributed by atoms with Crippen molar-refractivity contribution in [3.05, 3.63) is 48.0 Å². The van der Waals surface area contributed by atoms with Crippen LogP contribution in [0.5, 0.6) is 5.75 Å². The zero-order valence-electron chi connectivity index (χ0n) is 14.0. The van der Waals surface area contributed by atoms with Crippen LogP contribution in [0.25, 0.3) is 11.0 Å². The van der Waals surface area contributed by atoms with Crippen molar-refractivity contribution in [2.24, 2.45) is 0 Å². The van der Waals surface area contributed by atoms with Crippen molar-refractivity contribution >= 4 is 38.5 Å². The fourth-order valence-electron chi connectivity index (χ4n) is 2.40. The molecule has 3 rings (SSSR count). The molecule has 0 unspecified atom stereocenters. The Kier molecular flexibility index (Phi) is 5.48. The average Bonchev–Trinajstić information content (AvgIpc) is 3.09. The third-order valence-corrected chi connectivity index (χ3v) is 5.81. The minimum Gasteiger partial charge on any atom is -0.494 e. The number of fused-ring (bicyclic) bond motifs is 1. The van der Waals surface area contributed by atoms with Gasteiger partial charge in [0.25, 0.3) is 0 Å². The number of sulfone groups is 1. The Labute approximate surface area is 155 Å². The summed E-state index contributed by atoms with van der Waals surface area (Å²) in [5, 5.41) is 2.63. The molecule has 3 aromatic rings. The van der Waals surface area contributed by atoms with Gasteiger partial charge < -0.3 is 10.1 Å². The van der Waals surface area contributed by atoms with Crippen LogP contribution in [0.1, 0.15) is 12.5 Å². The molecule has 0 spiro atoms. The van der Waals surface area contributed by atoms with Gasteiger partial charge in [-0.15, -0.1) is 0 Å². The highest BCUT2D eigenvalue weighted by molar-refractivity contribution is 7.92. The van der Waals surface area contributed by atoms with E-state index in [0.717, 1.165) is 23.0 Å². The first-order valence-electron chi connectivity index (χ1n) is 7.92. The lowest BCUT2D eigenvalue weighted by Gasteiger charge is -2.08. The van der Waals surface area contributed by atoms with Crippen LogP contribution in [0.2, 0.25) is 0 Å². The van der Waals surface area contributed by atoms with E-state index in [0.29, 0.717) is 17.6 Å². The number of nitrogens with zero attached hydrogens (tertiary/aromatic N) is 2. The molecule has 0 aliphatic rings. The lowest BCUT2D eigenvalue weighted by atomic mass is 10.2.